The van der Waals surface area contributed by atoms with Crippen molar-refractivity contribution >= 4 is 0 Å². The quantitative estimate of drug-likeness (QED) is 0.835. The van der Waals surface area contributed by atoms with Gasteiger partial charge < -0.3 is 10.0 Å². The Morgan fingerprint density at radius 1 is 1.33 bits per heavy atom. The maximum atomic E-state index is 9.51. The molecule has 0 saturated carbocycles. The van der Waals surface area contributed by atoms with Crippen molar-refractivity contribution < 1.29 is 5.11 Å². The molecule has 1 saturated heterocycles. The number of aliphatic hydroxyl groups is 1. The highest BCUT2D eigenvalue weighted by Gasteiger charge is 2.24. The summed E-state index contributed by atoms with van der Waals surface area (Å²) in [5, 5.41) is 9.51. The SMILES string of the molecule is C[C@H](O)C[C@H]1CCCN1CCCc1ccccc1. The van der Waals surface area contributed by atoms with Gasteiger partial charge in [-0.05, 0) is 57.7 Å². The molecule has 1 fully saturated rings. The van der Waals surface area contributed by atoms with Crippen LogP contribution < -0.4 is 0 Å². The first-order valence-corrected chi connectivity index (χ1v) is 7.22. The van der Waals surface area contributed by atoms with E-state index < -0.39 is 0 Å². The number of rotatable bonds is 6. The van der Waals surface area contributed by atoms with Gasteiger partial charge >= 0.3 is 0 Å². The average molecular weight is 247 g/mol. The van der Waals surface area contributed by atoms with Gasteiger partial charge in [0.25, 0.3) is 0 Å². The Morgan fingerprint density at radius 2 is 2.11 bits per heavy atom. The second kappa shape index (κ2) is 6.91. The van der Waals surface area contributed by atoms with Crippen molar-refractivity contribution in [2.75, 3.05) is 13.1 Å². The summed E-state index contributed by atoms with van der Waals surface area (Å²) in [4.78, 5) is 2.57. The van der Waals surface area contributed by atoms with Crippen molar-refractivity contribution in [3.05, 3.63) is 35.9 Å². The third-order valence-electron chi connectivity index (χ3n) is 3.87. The van der Waals surface area contributed by atoms with Crippen molar-refractivity contribution in [2.24, 2.45) is 0 Å². The van der Waals surface area contributed by atoms with Crippen LogP contribution in [0.2, 0.25) is 0 Å². The molecule has 2 nitrogen and oxygen atoms in total. The summed E-state index contributed by atoms with van der Waals surface area (Å²) in [5.41, 5.74) is 1.43. The van der Waals surface area contributed by atoms with Crippen molar-refractivity contribution in [1.82, 2.24) is 4.90 Å². The first-order valence-electron chi connectivity index (χ1n) is 7.22. The Balaban J connectivity index is 1.72. The summed E-state index contributed by atoms with van der Waals surface area (Å²) in [7, 11) is 0. The molecule has 0 bridgehead atoms. The van der Waals surface area contributed by atoms with E-state index in [1.807, 2.05) is 6.92 Å². The lowest BCUT2D eigenvalue weighted by Crippen LogP contribution is -2.32. The Morgan fingerprint density at radius 3 is 2.83 bits per heavy atom. The predicted molar refractivity (Wildman–Crippen MR) is 75.7 cm³/mol. The zero-order valence-corrected chi connectivity index (χ0v) is 11.4. The molecule has 1 aromatic carbocycles. The largest absolute Gasteiger partial charge is 0.393 e. The van der Waals surface area contributed by atoms with Crippen LogP contribution in [0.1, 0.15) is 38.2 Å². The second-order valence-electron chi connectivity index (χ2n) is 5.51. The van der Waals surface area contributed by atoms with Crippen LogP contribution >= 0.6 is 0 Å². The van der Waals surface area contributed by atoms with E-state index in [1.165, 1.54) is 44.3 Å². The molecule has 2 heteroatoms. The lowest BCUT2D eigenvalue weighted by Gasteiger charge is -2.25. The maximum absolute atomic E-state index is 9.51. The normalized spacial score (nSPS) is 22.2. The van der Waals surface area contributed by atoms with Crippen molar-refractivity contribution in [3.63, 3.8) is 0 Å². The lowest BCUT2D eigenvalue weighted by atomic mass is 10.1. The molecule has 100 valence electrons. The molecule has 18 heavy (non-hydrogen) atoms. The van der Waals surface area contributed by atoms with Crippen molar-refractivity contribution in [2.45, 2.75) is 51.2 Å². The van der Waals surface area contributed by atoms with E-state index in [4.69, 9.17) is 0 Å². The standard InChI is InChI=1S/C16H25NO/c1-14(18)13-16-10-6-12-17(16)11-5-9-15-7-3-2-4-8-15/h2-4,7-8,14,16,18H,5-6,9-13H2,1H3/t14-,16+/m0/s1. The summed E-state index contributed by atoms with van der Waals surface area (Å²) in [6, 6.07) is 11.3. The smallest absolute Gasteiger partial charge is 0.0527 e. The van der Waals surface area contributed by atoms with E-state index in [-0.39, 0.29) is 6.10 Å². The monoisotopic (exact) mass is 247 g/mol. The first kappa shape index (κ1) is 13.6. The van der Waals surface area contributed by atoms with E-state index in [0.717, 1.165) is 6.42 Å². The zero-order chi connectivity index (χ0) is 12.8. The number of nitrogens with zero attached hydrogens (tertiary/aromatic N) is 1. The van der Waals surface area contributed by atoms with Gasteiger partial charge in [-0.2, -0.15) is 0 Å². The van der Waals surface area contributed by atoms with E-state index in [0.29, 0.717) is 6.04 Å². The molecule has 1 heterocycles. The van der Waals surface area contributed by atoms with Crippen LogP contribution in [0.15, 0.2) is 30.3 Å². The molecule has 1 aliphatic rings. The van der Waals surface area contributed by atoms with Crippen LogP contribution in [0.25, 0.3) is 0 Å². The highest BCUT2D eigenvalue weighted by atomic mass is 16.3. The fourth-order valence-electron chi connectivity index (χ4n) is 2.98. The summed E-state index contributed by atoms with van der Waals surface area (Å²) < 4.78 is 0. The van der Waals surface area contributed by atoms with E-state index >= 15 is 0 Å². The Hall–Kier alpha value is -0.860. The molecule has 0 aromatic heterocycles. The third kappa shape index (κ3) is 4.11. The molecule has 0 amide bonds. The topological polar surface area (TPSA) is 23.5 Å². The minimum atomic E-state index is -0.162. The van der Waals surface area contributed by atoms with Crippen LogP contribution in [0.3, 0.4) is 0 Å². The highest BCUT2D eigenvalue weighted by Crippen LogP contribution is 2.21. The highest BCUT2D eigenvalue weighted by molar-refractivity contribution is 5.14. The molecule has 2 atom stereocenters. The summed E-state index contributed by atoms with van der Waals surface area (Å²) in [6.07, 6.45) is 5.72. The summed E-state index contributed by atoms with van der Waals surface area (Å²) in [5.74, 6) is 0. The molecule has 2 rings (SSSR count). The fourth-order valence-corrected chi connectivity index (χ4v) is 2.98. The summed E-state index contributed by atoms with van der Waals surface area (Å²) >= 11 is 0. The number of likely N-dealkylation sites (tertiary alicyclic amines) is 1. The Bertz CT molecular complexity index is 336. The number of hydrogen-bond acceptors (Lipinski definition) is 2. The van der Waals surface area contributed by atoms with Gasteiger partial charge in [-0.25, -0.2) is 0 Å². The maximum Gasteiger partial charge on any atom is 0.0527 e. The molecule has 1 aliphatic heterocycles. The molecule has 1 N–H and O–H groups in total. The number of benzene rings is 1. The predicted octanol–water partition coefficient (Wildman–Crippen LogP) is 2.85. The Labute approximate surface area is 111 Å². The van der Waals surface area contributed by atoms with Gasteiger partial charge in [0.15, 0.2) is 0 Å². The van der Waals surface area contributed by atoms with Gasteiger partial charge in [-0.3, -0.25) is 0 Å². The van der Waals surface area contributed by atoms with E-state index in [1.54, 1.807) is 0 Å². The number of aliphatic hydroxyl groups excluding tert-OH is 1. The van der Waals surface area contributed by atoms with Gasteiger partial charge in [0, 0.05) is 6.04 Å². The van der Waals surface area contributed by atoms with Crippen LogP contribution in [0, 0.1) is 0 Å². The number of aryl methyl sites for hydroxylation is 1. The first-order chi connectivity index (χ1) is 8.75. The van der Waals surface area contributed by atoms with Crippen LogP contribution in [0.4, 0.5) is 0 Å². The van der Waals surface area contributed by atoms with Gasteiger partial charge in [-0.15, -0.1) is 0 Å². The van der Waals surface area contributed by atoms with Gasteiger partial charge in [0.1, 0.15) is 0 Å². The molecule has 0 spiro atoms. The van der Waals surface area contributed by atoms with Crippen molar-refractivity contribution in [3.8, 4) is 0 Å². The van der Waals surface area contributed by atoms with Crippen molar-refractivity contribution in [1.29, 1.82) is 0 Å². The van der Waals surface area contributed by atoms with Gasteiger partial charge in [-0.1, -0.05) is 30.3 Å². The molecule has 0 unspecified atom stereocenters. The zero-order valence-electron chi connectivity index (χ0n) is 11.4. The minimum Gasteiger partial charge on any atom is -0.393 e. The lowest BCUT2D eigenvalue weighted by molar-refractivity contribution is 0.133. The molecule has 0 radical (unpaired) electrons. The third-order valence-corrected chi connectivity index (χ3v) is 3.87. The Kier molecular flexibility index (Phi) is 5.21. The average Bonchev–Trinajstić information content (AvgIpc) is 2.77. The second-order valence-corrected chi connectivity index (χ2v) is 5.51. The van der Waals surface area contributed by atoms with Gasteiger partial charge in [0.2, 0.25) is 0 Å². The molecular weight excluding hydrogens is 222 g/mol. The fraction of sp³-hybridized carbons (Fsp3) is 0.625. The van der Waals surface area contributed by atoms with E-state index in [9.17, 15) is 5.11 Å². The number of hydrogen-bond donors (Lipinski definition) is 1. The van der Waals surface area contributed by atoms with Crippen LogP contribution in [0.5, 0.6) is 0 Å². The molecule has 1 aromatic rings. The molecular formula is C16H25NO. The molecule has 0 aliphatic carbocycles. The minimum absolute atomic E-state index is 0.162. The summed E-state index contributed by atoms with van der Waals surface area (Å²) in [6.45, 7) is 4.29. The van der Waals surface area contributed by atoms with Crippen LogP contribution in [-0.2, 0) is 6.42 Å². The van der Waals surface area contributed by atoms with Gasteiger partial charge in [0.05, 0.1) is 6.10 Å². The van der Waals surface area contributed by atoms with E-state index in [2.05, 4.69) is 35.2 Å². The van der Waals surface area contributed by atoms with Crippen LogP contribution in [-0.4, -0.2) is 35.2 Å².